The van der Waals surface area contributed by atoms with E-state index in [9.17, 15) is 26.4 Å². The maximum Gasteiger partial charge on any atom is 0.573 e. The van der Waals surface area contributed by atoms with Crippen molar-refractivity contribution >= 4 is 21.6 Å². The van der Waals surface area contributed by atoms with Gasteiger partial charge in [-0.15, -0.1) is 13.2 Å². The summed E-state index contributed by atoms with van der Waals surface area (Å²) in [6, 6.07) is 11.5. The molecule has 1 N–H and O–H groups in total. The molecule has 0 aliphatic rings. The first-order chi connectivity index (χ1) is 13.9. The van der Waals surface area contributed by atoms with Gasteiger partial charge in [0, 0.05) is 31.9 Å². The van der Waals surface area contributed by atoms with Crippen LogP contribution in [0.1, 0.15) is 5.56 Å². The van der Waals surface area contributed by atoms with Gasteiger partial charge in [-0.2, -0.15) is 0 Å². The van der Waals surface area contributed by atoms with Gasteiger partial charge in [0.15, 0.2) is 0 Å². The third kappa shape index (κ3) is 6.71. The number of hydrogen-bond acceptors (Lipinski definition) is 5. The molecule has 0 aliphatic carbocycles. The van der Waals surface area contributed by atoms with Gasteiger partial charge in [-0.05, 0) is 31.3 Å². The third-order valence-corrected chi connectivity index (χ3v) is 5.76. The number of ether oxygens (including phenoxy) is 1. The summed E-state index contributed by atoms with van der Waals surface area (Å²) < 4.78 is 67.1. The quantitative estimate of drug-likeness (QED) is 0.676. The van der Waals surface area contributed by atoms with Crippen LogP contribution in [0.15, 0.2) is 53.4 Å². The zero-order chi connectivity index (χ0) is 22.5. The molecule has 0 saturated heterocycles. The van der Waals surface area contributed by atoms with Crippen LogP contribution < -0.4 is 10.1 Å². The molecule has 0 radical (unpaired) electrons. The number of nitrogens with one attached hydrogen (secondary N) is 1. The molecule has 11 heteroatoms. The molecule has 0 atom stereocenters. The minimum Gasteiger partial charge on any atom is -0.405 e. The fraction of sp³-hybridized carbons (Fsp3) is 0.316. The van der Waals surface area contributed by atoms with E-state index in [0.29, 0.717) is 0 Å². The maximum absolute atomic E-state index is 12.5. The van der Waals surface area contributed by atoms with E-state index in [1.54, 1.807) is 19.2 Å². The average Bonchev–Trinajstić information content (AvgIpc) is 2.62. The summed E-state index contributed by atoms with van der Waals surface area (Å²) in [7, 11) is 0.711. The maximum atomic E-state index is 12.5. The molecular formula is C19H22F3N3O4S. The Bertz CT molecular complexity index is 995. The van der Waals surface area contributed by atoms with E-state index in [4.69, 9.17) is 0 Å². The third-order valence-electron chi connectivity index (χ3n) is 3.95. The zero-order valence-electron chi connectivity index (χ0n) is 16.6. The lowest BCUT2D eigenvalue weighted by atomic mass is 10.2. The first-order valence-corrected chi connectivity index (χ1v) is 10.2. The van der Waals surface area contributed by atoms with Gasteiger partial charge >= 0.3 is 6.36 Å². The molecular weight excluding hydrogens is 423 g/mol. The summed E-state index contributed by atoms with van der Waals surface area (Å²) in [6.07, 6.45) is -4.82. The SMILES string of the molecule is CN(CC(=O)Nc1cccc(S(=O)(=O)N(C)C)c1)Cc1ccccc1OC(F)(F)F. The van der Waals surface area contributed by atoms with Crippen molar-refractivity contribution in [1.29, 1.82) is 0 Å². The van der Waals surface area contributed by atoms with Crippen molar-refractivity contribution in [2.24, 2.45) is 0 Å². The van der Waals surface area contributed by atoms with Gasteiger partial charge in [-0.1, -0.05) is 24.3 Å². The average molecular weight is 445 g/mol. The highest BCUT2D eigenvalue weighted by Crippen LogP contribution is 2.27. The molecule has 0 aromatic heterocycles. The van der Waals surface area contributed by atoms with Crippen molar-refractivity contribution in [3.8, 4) is 5.75 Å². The lowest BCUT2D eigenvalue weighted by Gasteiger charge is -2.19. The van der Waals surface area contributed by atoms with E-state index in [0.717, 1.165) is 4.31 Å². The normalized spacial score (nSPS) is 12.3. The monoisotopic (exact) mass is 445 g/mol. The second-order valence-corrected chi connectivity index (χ2v) is 8.84. The van der Waals surface area contributed by atoms with Gasteiger partial charge in [0.25, 0.3) is 0 Å². The van der Waals surface area contributed by atoms with Gasteiger partial charge in [0.2, 0.25) is 15.9 Å². The van der Waals surface area contributed by atoms with Crippen LogP contribution in [0.2, 0.25) is 0 Å². The van der Waals surface area contributed by atoms with Crippen LogP contribution in [-0.4, -0.2) is 57.6 Å². The van der Waals surface area contributed by atoms with Crippen LogP contribution in [0.4, 0.5) is 18.9 Å². The number of carbonyl (C=O) groups is 1. The Labute approximate surface area is 173 Å². The topological polar surface area (TPSA) is 79.0 Å². The first kappa shape index (κ1) is 23.6. The Morgan fingerprint density at radius 2 is 1.73 bits per heavy atom. The lowest BCUT2D eigenvalue weighted by molar-refractivity contribution is -0.275. The number of halogens is 3. The van der Waals surface area contributed by atoms with Crippen molar-refractivity contribution in [3.63, 3.8) is 0 Å². The molecule has 0 fully saturated rings. The molecule has 2 aromatic carbocycles. The molecule has 0 aliphatic heterocycles. The number of para-hydroxylation sites is 1. The number of nitrogens with zero attached hydrogens (tertiary/aromatic N) is 2. The molecule has 164 valence electrons. The molecule has 2 rings (SSSR count). The summed E-state index contributed by atoms with van der Waals surface area (Å²) in [6.45, 7) is -0.0975. The van der Waals surface area contributed by atoms with Crippen molar-refractivity contribution in [2.75, 3.05) is 33.0 Å². The lowest BCUT2D eigenvalue weighted by Crippen LogP contribution is -2.30. The van der Waals surface area contributed by atoms with Gasteiger partial charge in [-0.25, -0.2) is 12.7 Å². The highest BCUT2D eigenvalue weighted by atomic mass is 32.2. The number of rotatable bonds is 8. The summed E-state index contributed by atoms with van der Waals surface area (Å²) in [5.74, 6) is -0.787. The molecule has 0 saturated carbocycles. The first-order valence-electron chi connectivity index (χ1n) is 8.73. The number of sulfonamides is 1. The minimum absolute atomic E-state index is 0.0249. The van der Waals surface area contributed by atoms with Gasteiger partial charge in [-0.3, -0.25) is 9.69 Å². The van der Waals surface area contributed by atoms with E-state index in [1.807, 2.05) is 0 Å². The second-order valence-electron chi connectivity index (χ2n) is 6.69. The van der Waals surface area contributed by atoms with Crippen molar-refractivity contribution < 1.29 is 31.1 Å². The molecule has 30 heavy (non-hydrogen) atoms. The fourth-order valence-electron chi connectivity index (χ4n) is 2.60. The van der Waals surface area contributed by atoms with Crippen molar-refractivity contribution in [2.45, 2.75) is 17.8 Å². The van der Waals surface area contributed by atoms with Crippen LogP contribution in [0.25, 0.3) is 0 Å². The Morgan fingerprint density at radius 3 is 2.37 bits per heavy atom. The summed E-state index contributed by atoms with van der Waals surface area (Å²) in [5.41, 5.74) is 0.557. The van der Waals surface area contributed by atoms with Crippen LogP contribution in [0.3, 0.4) is 0 Å². The Morgan fingerprint density at radius 1 is 1.07 bits per heavy atom. The summed E-state index contributed by atoms with van der Waals surface area (Å²) in [5, 5.41) is 2.59. The van der Waals surface area contributed by atoms with E-state index in [-0.39, 0.29) is 35.0 Å². The van der Waals surface area contributed by atoms with Gasteiger partial charge in [0.05, 0.1) is 11.4 Å². The van der Waals surface area contributed by atoms with Crippen LogP contribution in [0, 0.1) is 0 Å². The second kappa shape index (κ2) is 9.45. The van der Waals surface area contributed by atoms with E-state index >= 15 is 0 Å². The van der Waals surface area contributed by atoms with Crippen molar-refractivity contribution in [1.82, 2.24) is 9.21 Å². The molecule has 0 unspecified atom stereocenters. The van der Waals surface area contributed by atoms with Gasteiger partial charge in [0.1, 0.15) is 5.75 Å². The van der Waals surface area contributed by atoms with Crippen LogP contribution in [-0.2, 0) is 21.4 Å². The minimum atomic E-state index is -4.82. The van der Waals surface area contributed by atoms with Crippen molar-refractivity contribution in [3.05, 3.63) is 54.1 Å². The zero-order valence-corrected chi connectivity index (χ0v) is 17.4. The number of amides is 1. The van der Waals surface area contributed by atoms with E-state index in [1.165, 1.54) is 55.4 Å². The summed E-state index contributed by atoms with van der Waals surface area (Å²) in [4.78, 5) is 13.8. The Hall–Kier alpha value is -2.63. The molecule has 2 aromatic rings. The number of benzene rings is 2. The van der Waals surface area contributed by atoms with Gasteiger partial charge < -0.3 is 10.1 Å². The van der Waals surface area contributed by atoms with E-state index in [2.05, 4.69) is 10.1 Å². The summed E-state index contributed by atoms with van der Waals surface area (Å²) >= 11 is 0. The highest BCUT2D eigenvalue weighted by Gasteiger charge is 2.32. The predicted molar refractivity (Wildman–Crippen MR) is 105 cm³/mol. The number of hydrogen-bond donors (Lipinski definition) is 1. The number of alkyl halides is 3. The molecule has 1 amide bonds. The fourth-order valence-corrected chi connectivity index (χ4v) is 3.54. The highest BCUT2D eigenvalue weighted by molar-refractivity contribution is 7.89. The molecule has 7 nitrogen and oxygen atoms in total. The standard InChI is InChI=1S/C19H22F3N3O4S/c1-24(2)30(27,28)16-9-6-8-15(11-16)23-18(26)13-25(3)12-14-7-4-5-10-17(14)29-19(20,21)22/h4-11H,12-13H2,1-3H3,(H,23,26). The van der Waals surface area contributed by atoms with Crippen LogP contribution >= 0.6 is 0 Å². The largest absolute Gasteiger partial charge is 0.573 e. The number of anilines is 1. The molecule has 0 spiro atoms. The van der Waals surface area contributed by atoms with Crippen LogP contribution in [0.5, 0.6) is 5.75 Å². The molecule has 0 bridgehead atoms. The predicted octanol–water partition coefficient (Wildman–Crippen LogP) is 2.91. The Balaban J connectivity index is 2.03. The van der Waals surface area contributed by atoms with E-state index < -0.39 is 22.3 Å². The Kier molecular flexibility index (Phi) is 7.45. The number of likely N-dealkylation sites (N-methyl/N-ethyl adjacent to an activating group) is 1. The molecule has 0 heterocycles. The smallest absolute Gasteiger partial charge is 0.405 e. The number of carbonyl (C=O) groups excluding carboxylic acids is 1.